The minimum atomic E-state index is -0.910. The highest BCUT2D eigenvalue weighted by atomic mass is 16.6. The summed E-state index contributed by atoms with van der Waals surface area (Å²) >= 11 is 0. The van der Waals surface area contributed by atoms with Crippen molar-refractivity contribution in [2.45, 2.75) is 31.0 Å². The Hall–Kier alpha value is -2.26. The van der Waals surface area contributed by atoms with E-state index in [4.69, 9.17) is 4.74 Å². The maximum absolute atomic E-state index is 13.2. The van der Waals surface area contributed by atoms with Crippen molar-refractivity contribution in [3.8, 4) is 0 Å². The molecule has 1 heterocycles. The molecule has 5 rings (SSSR count). The first-order chi connectivity index (χ1) is 11.5. The number of fused-ring (bicyclic) bond motifs is 2. The molecule has 0 aromatic heterocycles. The van der Waals surface area contributed by atoms with Gasteiger partial charge in [0.05, 0.1) is 5.41 Å². The van der Waals surface area contributed by atoms with Crippen LogP contribution in [0.1, 0.15) is 25.0 Å². The molecule has 2 aliphatic carbocycles. The molecule has 2 aromatic carbocycles. The first-order valence-electron chi connectivity index (χ1n) is 8.36. The first kappa shape index (κ1) is 14.1. The van der Waals surface area contributed by atoms with Gasteiger partial charge in [-0.3, -0.25) is 9.59 Å². The minimum Gasteiger partial charge on any atom is -0.350 e. The third-order valence-corrected chi connectivity index (χ3v) is 6.51. The van der Waals surface area contributed by atoms with Gasteiger partial charge in [0.2, 0.25) is 0 Å². The van der Waals surface area contributed by atoms with Crippen molar-refractivity contribution in [2.75, 3.05) is 0 Å². The molecule has 4 atom stereocenters. The lowest BCUT2D eigenvalue weighted by Gasteiger charge is -2.23. The van der Waals surface area contributed by atoms with Crippen LogP contribution in [0.15, 0.2) is 60.7 Å². The SMILES string of the molecule is C[C@@]12O[C@@H]1C(=O)[C@]1(C)C(C2=O)C1(c1ccccc1)c1ccccc1. The maximum Gasteiger partial charge on any atom is 0.172 e. The second kappa shape index (κ2) is 4.04. The van der Waals surface area contributed by atoms with E-state index in [0.717, 1.165) is 11.1 Å². The van der Waals surface area contributed by atoms with Gasteiger partial charge < -0.3 is 4.74 Å². The molecule has 2 saturated carbocycles. The van der Waals surface area contributed by atoms with Crippen LogP contribution in [0.4, 0.5) is 0 Å². The summed E-state index contributed by atoms with van der Waals surface area (Å²) in [7, 11) is 0. The Morgan fingerprint density at radius 2 is 1.29 bits per heavy atom. The van der Waals surface area contributed by atoms with Gasteiger partial charge in [0, 0.05) is 11.3 Å². The normalized spacial score (nSPS) is 38.2. The predicted molar refractivity (Wildman–Crippen MR) is 88.6 cm³/mol. The summed E-state index contributed by atoms with van der Waals surface area (Å²) in [5.74, 6) is -0.212. The highest BCUT2D eigenvalue weighted by molar-refractivity contribution is 6.17. The van der Waals surface area contributed by atoms with Crippen LogP contribution in [0.25, 0.3) is 0 Å². The van der Waals surface area contributed by atoms with Crippen molar-refractivity contribution in [1.29, 1.82) is 0 Å². The molecule has 0 bridgehead atoms. The van der Waals surface area contributed by atoms with Crippen LogP contribution < -0.4 is 0 Å². The van der Waals surface area contributed by atoms with Crippen LogP contribution in [0.5, 0.6) is 0 Å². The van der Waals surface area contributed by atoms with Crippen LogP contribution >= 0.6 is 0 Å². The summed E-state index contributed by atoms with van der Waals surface area (Å²) in [5, 5.41) is 0. The average Bonchev–Trinajstić information content (AvgIpc) is 3.47. The molecule has 0 radical (unpaired) electrons. The summed E-state index contributed by atoms with van der Waals surface area (Å²) in [6, 6.07) is 20.0. The largest absolute Gasteiger partial charge is 0.350 e. The van der Waals surface area contributed by atoms with Gasteiger partial charge in [0.1, 0.15) is 0 Å². The molecule has 3 heteroatoms. The first-order valence-corrected chi connectivity index (χ1v) is 8.36. The fourth-order valence-electron chi connectivity index (χ4n) is 5.18. The standard InChI is InChI=1S/C21H18O3/c1-19-15(16(22)20(2)18(24-20)17(19)23)21(19,13-9-5-3-6-10-13)14-11-7-4-8-12-14/h3-12,15,18H,1-2H3/t15?,18-,19+,20+/m1/s1. The summed E-state index contributed by atoms with van der Waals surface area (Å²) < 4.78 is 5.52. The highest BCUT2D eigenvalue weighted by Crippen LogP contribution is 2.78. The van der Waals surface area contributed by atoms with Gasteiger partial charge in [0.15, 0.2) is 23.3 Å². The fourth-order valence-corrected chi connectivity index (χ4v) is 5.18. The summed E-state index contributed by atoms with van der Waals surface area (Å²) in [4.78, 5) is 26.3. The van der Waals surface area contributed by atoms with Gasteiger partial charge in [-0.2, -0.15) is 0 Å². The molecule has 1 saturated heterocycles. The van der Waals surface area contributed by atoms with Gasteiger partial charge in [-0.1, -0.05) is 67.6 Å². The van der Waals surface area contributed by atoms with Crippen molar-refractivity contribution in [3.63, 3.8) is 0 Å². The lowest BCUT2D eigenvalue weighted by Crippen LogP contribution is -2.39. The van der Waals surface area contributed by atoms with E-state index in [1.165, 1.54) is 0 Å². The van der Waals surface area contributed by atoms with Gasteiger partial charge in [-0.15, -0.1) is 0 Å². The number of carbonyl (C=O) groups excluding carboxylic acids is 2. The molecule has 3 fully saturated rings. The van der Waals surface area contributed by atoms with Crippen molar-refractivity contribution in [3.05, 3.63) is 71.8 Å². The number of ketones is 2. The monoisotopic (exact) mass is 318 g/mol. The third-order valence-electron chi connectivity index (χ3n) is 6.51. The van der Waals surface area contributed by atoms with Crippen LogP contribution in [0.2, 0.25) is 0 Å². The molecule has 120 valence electrons. The van der Waals surface area contributed by atoms with E-state index in [1.807, 2.05) is 67.6 Å². The van der Waals surface area contributed by atoms with Crippen LogP contribution in [-0.2, 0) is 19.7 Å². The number of hydrogen-bond acceptors (Lipinski definition) is 3. The van der Waals surface area contributed by atoms with Crippen molar-refractivity contribution >= 4 is 11.6 Å². The smallest absolute Gasteiger partial charge is 0.172 e. The highest BCUT2D eigenvalue weighted by Gasteiger charge is 2.90. The Kier molecular flexibility index (Phi) is 2.37. The second-order valence-corrected chi connectivity index (χ2v) is 7.51. The molecular weight excluding hydrogens is 300 g/mol. The van der Waals surface area contributed by atoms with E-state index >= 15 is 0 Å². The number of hydrogen-bond donors (Lipinski definition) is 0. The predicted octanol–water partition coefficient (Wildman–Crippen LogP) is 2.92. The van der Waals surface area contributed by atoms with Crippen LogP contribution in [0.3, 0.4) is 0 Å². The molecule has 24 heavy (non-hydrogen) atoms. The Bertz CT molecular complexity index is 831. The van der Waals surface area contributed by atoms with Crippen LogP contribution in [0, 0.1) is 11.3 Å². The van der Waals surface area contributed by atoms with E-state index < -0.39 is 22.5 Å². The topological polar surface area (TPSA) is 46.7 Å². The van der Waals surface area contributed by atoms with E-state index in [1.54, 1.807) is 6.92 Å². The molecule has 2 aromatic rings. The zero-order valence-electron chi connectivity index (χ0n) is 13.7. The number of ether oxygens (including phenoxy) is 1. The Morgan fingerprint density at radius 3 is 1.79 bits per heavy atom. The van der Waals surface area contributed by atoms with Crippen molar-refractivity contribution in [1.82, 2.24) is 0 Å². The Labute approximate surface area is 140 Å². The van der Waals surface area contributed by atoms with Gasteiger partial charge in [-0.05, 0) is 18.1 Å². The molecule has 3 nitrogen and oxygen atoms in total. The molecular formula is C21H18O3. The van der Waals surface area contributed by atoms with E-state index in [9.17, 15) is 9.59 Å². The molecule has 0 spiro atoms. The fraction of sp³-hybridized carbons (Fsp3) is 0.333. The van der Waals surface area contributed by atoms with Gasteiger partial charge >= 0.3 is 0 Å². The van der Waals surface area contributed by atoms with Gasteiger partial charge in [0.25, 0.3) is 0 Å². The lowest BCUT2D eigenvalue weighted by molar-refractivity contribution is -0.132. The molecule has 1 unspecified atom stereocenters. The molecule has 3 aliphatic rings. The zero-order valence-corrected chi connectivity index (χ0v) is 13.7. The Morgan fingerprint density at radius 1 is 0.792 bits per heavy atom. The number of benzene rings is 2. The number of epoxide rings is 1. The molecule has 0 N–H and O–H groups in total. The van der Waals surface area contributed by atoms with Crippen molar-refractivity contribution < 1.29 is 14.3 Å². The average molecular weight is 318 g/mol. The maximum atomic E-state index is 13.2. The van der Waals surface area contributed by atoms with E-state index in [2.05, 4.69) is 0 Å². The zero-order chi connectivity index (χ0) is 16.7. The Balaban J connectivity index is 1.79. The molecule has 1 aliphatic heterocycles. The quantitative estimate of drug-likeness (QED) is 0.800. The van der Waals surface area contributed by atoms with Gasteiger partial charge in [-0.25, -0.2) is 0 Å². The van der Waals surface area contributed by atoms with E-state index in [-0.39, 0.29) is 17.5 Å². The number of Topliss-reactive ketones (excluding diaryl/α,β-unsaturated/α-hetero) is 2. The lowest BCUT2D eigenvalue weighted by atomic mass is 9.78. The summed E-state index contributed by atoms with van der Waals surface area (Å²) in [5.41, 5.74) is -0.144. The molecule has 0 amide bonds. The second-order valence-electron chi connectivity index (χ2n) is 7.51. The van der Waals surface area contributed by atoms with E-state index in [0.29, 0.717) is 0 Å². The third kappa shape index (κ3) is 1.27. The van der Waals surface area contributed by atoms with Crippen LogP contribution in [-0.4, -0.2) is 23.3 Å². The number of rotatable bonds is 2. The number of carbonyl (C=O) groups is 2. The minimum absolute atomic E-state index is 0.0716. The summed E-state index contributed by atoms with van der Waals surface area (Å²) in [6.45, 7) is 3.70. The van der Waals surface area contributed by atoms with Crippen molar-refractivity contribution in [2.24, 2.45) is 11.3 Å². The summed E-state index contributed by atoms with van der Waals surface area (Å²) in [6.07, 6.45) is -0.569.